The number of rotatable bonds is 6. The third kappa shape index (κ3) is 4.76. The highest BCUT2D eigenvalue weighted by Crippen LogP contribution is 2.27. The van der Waals surface area contributed by atoms with Crippen molar-refractivity contribution in [2.75, 3.05) is 5.32 Å². The van der Waals surface area contributed by atoms with Crippen LogP contribution in [0.15, 0.2) is 101 Å². The maximum atomic E-state index is 12.9. The van der Waals surface area contributed by atoms with Crippen LogP contribution in [0.2, 0.25) is 0 Å². The zero-order chi connectivity index (χ0) is 23.5. The first-order chi connectivity index (χ1) is 16.6. The molecule has 5 nitrogen and oxygen atoms in total. The molecular formula is C27H21BrN4OS. The predicted molar refractivity (Wildman–Crippen MR) is 142 cm³/mol. The lowest BCUT2D eigenvalue weighted by Gasteiger charge is -2.09. The van der Waals surface area contributed by atoms with Crippen molar-refractivity contribution in [3.05, 3.63) is 107 Å². The SMILES string of the molecule is Cn1c(SCc2ccc(Br)cc2)nnc1-c1ccc(NC(=O)c2cccc3ccccc23)cc1. The van der Waals surface area contributed by atoms with Crippen molar-refractivity contribution < 1.29 is 4.79 Å². The highest BCUT2D eigenvalue weighted by molar-refractivity contribution is 9.10. The van der Waals surface area contributed by atoms with Crippen LogP contribution in [0.4, 0.5) is 5.69 Å². The van der Waals surface area contributed by atoms with Gasteiger partial charge in [0.05, 0.1) is 0 Å². The average Bonchev–Trinajstić information content (AvgIpc) is 3.24. The van der Waals surface area contributed by atoms with E-state index in [1.807, 2.05) is 90.5 Å². The quantitative estimate of drug-likeness (QED) is 0.242. The highest BCUT2D eigenvalue weighted by atomic mass is 79.9. The molecule has 0 saturated carbocycles. The Morgan fingerprint density at radius 2 is 1.65 bits per heavy atom. The van der Waals surface area contributed by atoms with E-state index in [0.717, 1.165) is 43.2 Å². The van der Waals surface area contributed by atoms with Gasteiger partial charge in [0.2, 0.25) is 0 Å². The van der Waals surface area contributed by atoms with E-state index in [1.54, 1.807) is 11.8 Å². The Bertz CT molecular complexity index is 1460. The van der Waals surface area contributed by atoms with Crippen LogP contribution in [-0.4, -0.2) is 20.7 Å². The number of carbonyl (C=O) groups is 1. The van der Waals surface area contributed by atoms with Crippen LogP contribution in [0.3, 0.4) is 0 Å². The molecule has 5 aromatic rings. The van der Waals surface area contributed by atoms with E-state index in [0.29, 0.717) is 5.56 Å². The lowest BCUT2D eigenvalue weighted by atomic mass is 10.0. The second-order valence-electron chi connectivity index (χ2n) is 7.84. The summed E-state index contributed by atoms with van der Waals surface area (Å²) in [5.41, 5.74) is 3.55. The van der Waals surface area contributed by atoms with Crippen LogP contribution in [0, 0.1) is 0 Å². The molecule has 34 heavy (non-hydrogen) atoms. The third-order valence-corrected chi connectivity index (χ3v) is 7.17. The van der Waals surface area contributed by atoms with Crippen LogP contribution in [0.25, 0.3) is 22.2 Å². The molecule has 1 amide bonds. The number of amides is 1. The van der Waals surface area contributed by atoms with E-state index in [1.165, 1.54) is 5.56 Å². The molecule has 0 radical (unpaired) electrons. The summed E-state index contributed by atoms with van der Waals surface area (Å²) in [6.45, 7) is 0. The summed E-state index contributed by atoms with van der Waals surface area (Å²) >= 11 is 5.11. The smallest absolute Gasteiger partial charge is 0.256 e. The Labute approximate surface area is 210 Å². The maximum Gasteiger partial charge on any atom is 0.256 e. The first-order valence-electron chi connectivity index (χ1n) is 10.7. The van der Waals surface area contributed by atoms with Gasteiger partial charge in [-0.25, -0.2) is 0 Å². The molecule has 168 valence electrons. The van der Waals surface area contributed by atoms with Crippen molar-refractivity contribution in [3.8, 4) is 11.4 Å². The van der Waals surface area contributed by atoms with Gasteiger partial charge in [-0.3, -0.25) is 4.79 Å². The molecule has 0 spiro atoms. The number of aromatic nitrogens is 3. The molecule has 0 atom stereocenters. The molecule has 0 saturated heterocycles. The number of hydrogen-bond donors (Lipinski definition) is 1. The van der Waals surface area contributed by atoms with Crippen molar-refractivity contribution >= 4 is 50.1 Å². The average molecular weight is 529 g/mol. The molecule has 0 aliphatic heterocycles. The number of anilines is 1. The monoisotopic (exact) mass is 528 g/mol. The van der Waals surface area contributed by atoms with Gasteiger partial charge in [-0.2, -0.15) is 0 Å². The fraction of sp³-hybridized carbons (Fsp3) is 0.0741. The number of nitrogens with zero attached hydrogens (tertiary/aromatic N) is 3. The van der Waals surface area contributed by atoms with Gasteiger partial charge >= 0.3 is 0 Å². The summed E-state index contributed by atoms with van der Waals surface area (Å²) in [7, 11) is 1.97. The third-order valence-electron chi connectivity index (χ3n) is 5.55. The van der Waals surface area contributed by atoms with Gasteiger partial charge in [0.15, 0.2) is 11.0 Å². The number of fused-ring (bicyclic) bond motifs is 1. The molecule has 0 bridgehead atoms. The molecule has 7 heteroatoms. The minimum absolute atomic E-state index is 0.130. The van der Waals surface area contributed by atoms with Gasteiger partial charge < -0.3 is 9.88 Å². The standard InChI is InChI=1S/C27H21BrN4OS/c1-32-25(30-31-27(32)34-17-18-9-13-21(28)14-10-18)20-11-15-22(16-12-20)29-26(33)24-8-4-6-19-5-2-3-7-23(19)24/h2-16H,17H2,1H3,(H,29,33). The molecule has 4 aromatic carbocycles. The van der Waals surface area contributed by atoms with E-state index in [4.69, 9.17) is 0 Å². The Morgan fingerprint density at radius 1 is 0.912 bits per heavy atom. The lowest BCUT2D eigenvalue weighted by molar-refractivity contribution is 0.102. The Morgan fingerprint density at radius 3 is 2.44 bits per heavy atom. The molecule has 1 N–H and O–H groups in total. The van der Waals surface area contributed by atoms with Gasteiger partial charge in [0.1, 0.15) is 0 Å². The van der Waals surface area contributed by atoms with Crippen molar-refractivity contribution in [1.29, 1.82) is 0 Å². The van der Waals surface area contributed by atoms with Crippen LogP contribution in [0.5, 0.6) is 0 Å². The summed E-state index contributed by atoms with van der Waals surface area (Å²) in [6, 6.07) is 29.6. The summed E-state index contributed by atoms with van der Waals surface area (Å²) in [6.07, 6.45) is 0. The fourth-order valence-corrected chi connectivity index (χ4v) is 4.88. The maximum absolute atomic E-state index is 12.9. The number of benzene rings is 4. The number of thioether (sulfide) groups is 1. The van der Waals surface area contributed by atoms with E-state index in [2.05, 4.69) is 43.6 Å². The minimum atomic E-state index is -0.130. The molecule has 0 aliphatic carbocycles. The van der Waals surface area contributed by atoms with Gasteiger partial charge in [-0.05, 0) is 58.8 Å². The first kappa shape index (κ1) is 22.4. The van der Waals surface area contributed by atoms with E-state index in [9.17, 15) is 4.79 Å². The topological polar surface area (TPSA) is 59.8 Å². The molecule has 0 unspecified atom stereocenters. The zero-order valence-corrected chi connectivity index (χ0v) is 20.8. The lowest BCUT2D eigenvalue weighted by Crippen LogP contribution is -2.12. The van der Waals surface area contributed by atoms with Crippen LogP contribution in [0.1, 0.15) is 15.9 Å². The molecule has 1 heterocycles. The van der Waals surface area contributed by atoms with Crippen molar-refractivity contribution in [2.45, 2.75) is 10.9 Å². The molecule has 1 aromatic heterocycles. The Kier molecular flexibility index (Phi) is 6.47. The number of hydrogen-bond acceptors (Lipinski definition) is 4. The predicted octanol–water partition coefficient (Wildman–Crippen LogP) is 6.94. The van der Waals surface area contributed by atoms with E-state index >= 15 is 0 Å². The van der Waals surface area contributed by atoms with Crippen molar-refractivity contribution in [3.63, 3.8) is 0 Å². The normalized spacial score (nSPS) is 11.0. The number of halogens is 1. The van der Waals surface area contributed by atoms with E-state index in [-0.39, 0.29) is 5.91 Å². The second kappa shape index (κ2) is 9.83. The van der Waals surface area contributed by atoms with Crippen LogP contribution >= 0.6 is 27.7 Å². The first-order valence-corrected chi connectivity index (χ1v) is 12.5. The number of carbonyl (C=O) groups excluding carboxylic acids is 1. The highest BCUT2D eigenvalue weighted by Gasteiger charge is 2.13. The summed E-state index contributed by atoms with van der Waals surface area (Å²) in [4.78, 5) is 12.9. The van der Waals surface area contributed by atoms with Crippen molar-refractivity contribution in [2.24, 2.45) is 7.05 Å². The Balaban J connectivity index is 1.28. The van der Waals surface area contributed by atoms with E-state index < -0.39 is 0 Å². The zero-order valence-electron chi connectivity index (χ0n) is 18.4. The summed E-state index contributed by atoms with van der Waals surface area (Å²) in [5.74, 6) is 1.47. The number of nitrogens with one attached hydrogen (secondary N) is 1. The van der Waals surface area contributed by atoms with Gasteiger partial charge in [0.25, 0.3) is 5.91 Å². The molecular weight excluding hydrogens is 508 g/mol. The second-order valence-corrected chi connectivity index (χ2v) is 9.70. The Hall–Kier alpha value is -3.42. The summed E-state index contributed by atoms with van der Waals surface area (Å²) < 4.78 is 3.06. The fourth-order valence-electron chi connectivity index (χ4n) is 3.74. The molecule has 0 fully saturated rings. The van der Waals surface area contributed by atoms with Crippen molar-refractivity contribution in [1.82, 2.24) is 14.8 Å². The van der Waals surface area contributed by atoms with Crippen LogP contribution < -0.4 is 5.32 Å². The van der Waals surface area contributed by atoms with Gasteiger partial charge in [-0.15, -0.1) is 10.2 Å². The van der Waals surface area contributed by atoms with Gasteiger partial charge in [0, 0.05) is 34.1 Å². The van der Waals surface area contributed by atoms with Gasteiger partial charge in [-0.1, -0.05) is 76.2 Å². The molecule has 0 aliphatic rings. The summed E-state index contributed by atoms with van der Waals surface area (Å²) in [5, 5.41) is 14.6. The van der Waals surface area contributed by atoms with Crippen LogP contribution in [-0.2, 0) is 12.8 Å². The minimum Gasteiger partial charge on any atom is -0.322 e. The molecule has 5 rings (SSSR count). The largest absolute Gasteiger partial charge is 0.322 e.